The standard InChI is InChI=1S/C18H22N2S.C14H19N3S/c1-14(12-19(2)3)13-20-15-8-4-6-10-17(15)21-18-11-7-5-9-16(18)20;1-16(2)9-10-17(12-13-6-5-11-18-13)14-7-3-4-8-15-14/h4-11,14H,12-13H2,1-3H3;3-8,11H,9-10,12H2,1-2H3. The molecule has 0 spiro atoms. The van der Waals surface area contributed by atoms with Crippen LogP contribution in [-0.4, -0.2) is 69.2 Å². The van der Waals surface area contributed by atoms with Crippen molar-refractivity contribution in [2.24, 2.45) is 5.92 Å². The molecule has 1 unspecified atom stereocenters. The molecule has 4 aromatic rings. The third-order valence-corrected chi connectivity index (χ3v) is 8.41. The van der Waals surface area contributed by atoms with Gasteiger partial charge in [-0.3, -0.25) is 0 Å². The Morgan fingerprint density at radius 3 is 2.00 bits per heavy atom. The van der Waals surface area contributed by atoms with Gasteiger partial charge >= 0.3 is 0 Å². The van der Waals surface area contributed by atoms with Crippen LogP contribution in [0, 0.1) is 5.92 Å². The molecule has 206 valence electrons. The SMILES string of the molecule is CC(CN(C)C)CN1c2ccccc2Sc2ccccc21.CN(C)CCN(Cc1cccs1)c1ccccn1. The number of benzene rings is 2. The van der Waals surface area contributed by atoms with Gasteiger partial charge in [0, 0.05) is 47.0 Å². The average molecular weight is 560 g/mol. The van der Waals surface area contributed by atoms with Crippen molar-refractivity contribution in [1.29, 1.82) is 0 Å². The molecular weight excluding hydrogens is 519 g/mol. The molecule has 0 fully saturated rings. The maximum absolute atomic E-state index is 4.45. The lowest BCUT2D eigenvalue weighted by atomic mass is 10.1. The molecular formula is C32H41N5S2. The van der Waals surface area contributed by atoms with Crippen LogP contribution in [0.25, 0.3) is 0 Å². The second kappa shape index (κ2) is 14.5. The van der Waals surface area contributed by atoms with Crippen molar-refractivity contribution in [3.05, 3.63) is 95.3 Å². The van der Waals surface area contributed by atoms with Gasteiger partial charge in [0.1, 0.15) is 5.82 Å². The summed E-state index contributed by atoms with van der Waals surface area (Å²) in [5.74, 6) is 1.66. The Hall–Kier alpha value is -2.84. The molecule has 1 aliphatic rings. The zero-order chi connectivity index (χ0) is 27.6. The maximum Gasteiger partial charge on any atom is 0.128 e. The van der Waals surface area contributed by atoms with Crippen molar-refractivity contribution in [3.63, 3.8) is 0 Å². The van der Waals surface area contributed by atoms with Crippen LogP contribution in [0.5, 0.6) is 0 Å². The van der Waals surface area contributed by atoms with E-state index >= 15 is 0 Å². The predicted octanol–water partition coefficient (Wildman–Crippen LogP) is 7.20. The summed E-state index contributed by atoms with van der Waals surface area (Å²) in [5.41, 5.74) is 2.68. The van der Waals surface area contributed by atoms with Crippen molar-refractivity contribution in [2.45, 2.75) is 23.3 Å². The van der Waals surface area contributed by atoms with Crippen molar-refractivity contribution < 1.29 is 0 Å². The highest BCUT2D eigenvalue weighted by Crippen LogP contribution is 2.47. The van der Waals surface area contributed by atoms with Crippen LogP contribution in [0.1, 0.15) is 11.8 Å². The molecule has 1 atom stereocenters. The number of thiophene rings is 1. The van der Waals surface area contributed by atoms with Crippen molar-refractivity contribution in [2.75, 3.05) is 64.2 Å². The molecule has 0 N–H and O–H groups in total. The normalized spacial score (nSPS) is 12.9. The van der Waals surface area contributed by atoms with E-state index in [0.717, 1.165) is 38.5 Å². The van der Waals surface area contributed by atoms with Gasteiger partial charge < -0.3 is 19.6 Å². The Morgan fingerprint density at radius 1 is 0.769 bits per heavy atom. The van der Waals surface area contributed by atoms with Gasteiger partial charge in [-0.25, -0.2) is 4.98 Å². The summed E-state index contributed by atoms with van der Waals surface area (Å²) in [6, 6.07) is 27.8. The minimum atomic E-state index is 0.615. The van der Waals surface area contributed by atoms with E-state index in [2.05, 4.69) is 132 Å². The van der Waals surface area contributed by atoms with Gasteiger partial charge in [-0.05, 0) is 82.0 Å². The summed E-state index contributed by atoms with van der Waals surface area (Å²) in [4.78, 5) is 17.8. The van der Waals surface area contributed by atoms with E-state index in [0.29, 0.717) is 5.92 Å². The molecule has 5 rings (SSSR count). The molecule has 2 aromatic heterocycles. The van der Waals surface area contributed by atoms with Gasteiger partial charge in [-0.2, -0.15) is 0 Å². The van der Waals surface area contributed by atoms with Gasteiger partial charge in [0.15, 0.2) is 0 Å². The van der Waals surface area contributed by atoms with E-state index in [9.17, 15) is 0 Å². The largest absolute Gasteiger partial charge is 0.350 e. The van der Waals surface area contributed by atoms with Crippen LogP contribution in [0.15, 0.2) is 100 Å². The summed E-state index contributed by atoms with van der Waals surface area (Å²) in [6.07, 6.45) is 1.85. The number of aromatic nitrogens is 1. The van der Waals surface area contributed by atoms with Crippen molar-refractivity contribution in [3.8, 4) is 0 Å². The van der Waals surface area contributed by atoms with Gasteiger partial charge in [-0.1, -0.05) is 55.1 Å². The molecule has 3 heterocycles. The molecule has 0 amide bonds. The molecule has 2 aromatic carbocycles. The first-order valence-corrected chi connectivity index (χ1v) is 15.2. The zero-order valence-corrected chi connectivity index (χ0v) is 25.5. The van der Waals surface area contributed by atoms with Crippen LogP contribution in [0.3, 0.4) is 0 Å². The van der Waals surface area contributed by atoms with Crippen LogP contribution >= 0.6 is 23.1 Å². The Kier molecular flexibility index (Phi) is 10.9. The first kappa shape index (κ1) is 29.2. The maximum atomic E-state index is 4.45. The highest BCUT2D eigenvalue weighted by molar-refractivity contribution is 7.99. The Morgan fingerprint density at radius 2 is 1.44 bits per heavy atom. The predicted molar refractivity (Wildman–Crippen MR) is 170 cm³/mol. The lowest BCUT2D eigenvalue weighted by Gasteiger charge is -2.35. The van der Waals surface area contributed by atoms with Crippen LogP contribution in [0.4, 0.5) is 17.2 Å². The Bertz CT molecular complexity index is 1220. The second-order valence-corrected chi connectivity index (χ2v) is 12.6. The van der Waals surface area contributed by atoms with Crippen LogP contribution in [0.2, 0.25) is 0 Å². The summed E-state index contributed by atoms with van der Waals surface area (Å²) in [7, 11) is 8.48. The van der Waals surface area contributed by atoms with Crippen molar-refractivity contribution in [1.82, 2.24) is 14.8 Å². The topological polar surface area (TPSA) is 25.9 Å². The van der Waals surface area contributed by atoms with Crippen LogP contribution in [-0.2, 0) is 6.54 Å². The van der Waals surface area contributed by atoms with E-state index in [1.807, 2.05) is 30.1 Å². The van der Waals surface area contributed by atoms with E-state index in [1.165, 1.54) is 26.0 Å². The Balaban J connectivity index is 0.000000183. The summed E-state index contributed by atoms with van der Waals surface area (Å²) < 4.78 is 0. The number of fused-ring (bicyclic) bond motifs is 2. The summed E-state index contributed by atoms with van der Waals surface area (Å²) >= 11 is 3.67. The van der Waals surface area contributed by atoms with Gasteiger partial charge in [0.05, 0.1) is 17.9 Å². The third-order valence-electron chi connectivity index (χ3n) is 6.42. The highest BCUT2D eigenvalue weighted by Gasteiger charge is 2.24. The molecule has 0 bridgehead atoms. The minimum absolute atomic E-state index is 0.615. The molecule has 0 aliphatic carbocycles. The van der Waals surface area contributed by atoms with E-state index in [4.69, 9.17) is 0 Å². The first-order chi connectivity index (χ1) is 18.9. The van der Waals surface area contributed by atoms with Gasteiger partial charge in [0.25, 0.3) is 0 Å². The summed E-state index contributed by atoms with van der Waals surface area (Å²) in [6.45, 7) is 7.43. The van der Waals surface area contributed by atoms with E-state index in [1.54, 1.807) is 11.3 Å². The second-order valence-electron chi connectivity index (χ2n) is 10.5. The number of hydrogen-bond donors (Lipinski definition) is 0. The molecule has 5 nitrogen and oxygen atoms in total. The molecule has 0 radical (unpaired) electrons. The van der Waals surface area contributed by atoms with E-state index < -0.39 is 0 Å². The molecule has 0 saturated carbocycles. The number of anilines is 3. The smallest absolute Gasteiger partial charge is 0.128 e. The number of hydrogen-bond acceptors (Lipinski definition) is 7. The molecule has 7 heteroatoms. The third kappa shape index (κ3) is 8.57. The number of rotatable bonds is 10. The number of likely N-dealkylation sites (N-methyl/N-ethyl adjacent to an activating group) is 1. The zero-order valence-electron chi connectivity index (χ0n) is 23.8. The lowest BCUT2D eigenvalue weighted by Crippen LogP contribution is -2.31. The fourth-order valence-corrected chi connectivity index (χ4v) is 6.51. The average Bonchev–Trinajstić information content (AvgIpc) is 3.44. The molecule has 0 saturated heterocycles. The lowest BCUT2D eigenvalue weighted by molar-refractivity contribution is 0.343. The minimum Gasteiger partial charge on any atom is -0.350 e. The highest BCUT2D eigenvalue weighted by atomic mass is 32.2. The van der Waals surface area contributed by atoms with Gasteiger partial charge in [-0.15, -0.1) is 11.3 Å². The molecule has 39 heavy (non-hydrogen) atoms. The number of nitrogens with zero attached hydrogens (tertiary/aromatic N) is 5. The van der Waals surface area contributed by atoms with E-state index in [-0.39, 0.29) is 0 Å². The van der Waals surface area contributed by atoms with Crippen LogP contribution < -0.4 is 9.80 Å². The summed E-state index contributed by atoms with van der Waals surface area (Å²) in [5, 5.41) is 2.12. The monoisotopic (exact) mass is 559 g/mol. The molecule has 1 aliphatic heterocycles. The van der Waals surface area contributed by atoms with Crippen molar-refractivity contribution >= 4 is 40.3 Å². The number of para-hydroxylation sites is 2. The van der Waals surface area contributed by atoms with Gasteiger partial charge in [0.2, 0.25) is 0 Å². The Labute approximate surface area is 243 Å². The quantitative estimate of drug-likeness (QED) is 0.204. The fourth-order valence-electron chi connectivity index (χ4n) is 4.70. The number of pyridine rings is 1. The first-order valence-electron chi connectivity index (χ1n) is 13.5. The fraction of sp³-hybridized carbons (Fsp3) is 0.344.